The van der Waals surface area contributed by atoms with Crippen molar-refractivity contribution >= 4 is 69.5 Å². The van der Waals surface area contributed by atoms with E-state index in [9.17, 15) is 9.18 Å². The zero-order chi connectivity index (χ0) is 37.2. The maximum absolute atomic E-state index is 13.6. The minimum absolute atomic E-state index is 0.00675. The molecule has 0 unspecified atom stereocenters. The molecule has 1 aromatic heterocycles. The molecule has 17 nitrogen and oxygen atoms in total. The molecule has 19 heteroatoms. The fourth-order valence-electron chi connectivity index (χ4n) is 4.13. The molecular weight excluding hydrogens is 689 g/mol. The molecule has 50 heavy (non-hydrogen) atoms. The Bertz CT molecular complexity index is 1650. The van der Waals surface area contributed by atoms with E-state index in [1.165, 1.54) is 18.5 Å². The van der Waals surface area contributed by atoms with Crippen molar-refractivity contribution in [3.8, 4) is 5.75 Å². The van der Waals surface area contributed by atoms with Gasteiger partial charge in [0.15, 0.2) is 0 Å². The summed E-state index contributed by atoms with van der Waals surface area (Å²) in [6.45, 7) is 4.05. The molecule has 0 aliphatic carbocycles. The molecule has 0 atom stereocenters. The average molecular weight is 724 g/mol. The Balaban J connectivity index is 0.000000619. The normalized spacial score (nSPS) is 12.4. The number of halogens is 2. The van der Waals surface area contributed by atoms with Crippen LogP contribution in [0.15, 0.2) is 48.3 Å². The van der Waals surface area contributed by atoms with Crippen molar-refractivity contribution in [2.24, 2.45) is 0 Å². The summed E-state index contributed by atoms with van der Waals surface area (Å²) in [5.41, 5.74) is 2.73. The van der Waals surface area contributed by atoms with Crippen molar-refractivity contribution in [1.29, 1.82) is 0 Å². The Kier molecular flexibility index (Phi) is 17.0. The molecule has 0 saturated carbocycles. The second-order valence-electron chi connectivity index (χ2n) is 10.0. The smallest absolute Gasteiger partial charge is 0.414 e. The first-order chi connectivity index (χ1) is 23.7. The molecule has 0 radical (unpaired) electrons. The summed E-state index contributed by atoms with van der Waals surface area (Å²) < 4.78 is 29.8. The van der Waals surface area contributed by atoms with Crippen LogP contribution in [0.2, 0.25) is 5.02 Å². The monoisotopic (exact) mass is 723 g/mol. The van der Waals surface area contributed by atoms with Gasteiger partial charge in [-0.15, -0.1) is 0 Å². The fraction of sp³-hybridized carbons (Fsp3) is 0.323. The first-order valence-electron chi connectivity index (χ1n) is 14.5. The number of carbonyl (C=O) groups is 5. The van der Waals surface area contributed by atoms with E-state index in [4.69, 9.17) is 65.4 Å². The van der Waals surface area contributed by atoms with E-state index >= 15 is 0 Å². The predicted molar refractivity (Wildman–Crippen MR) is 176 cm³/mol. The third-order valence-electron chi connectivity index (χ3n) is 6.53. The van der Waals surface area contributed by atoms with Crippen LogP contribution in [0.25, 0.3) is 10.9 Å². The number of hydrogen-bond donors (Lipinski definition) is 6. The van der Waals surface area contributed by atoms with Crippen molar-refractivity contribution in [1.82, 2.24) is 14.9 Å². The topological polar surface area (TPSA) is 247 Å². The van der Waals surface area contributed by atoms with Crippen LogP contribution in [0.5, 0.6) is 5.75 Å². The number of ether oxygens (including phenoxy) is 3. The van der Waals surface area contributed by atoms with Gasteiger partial charge >= 0.3 is 23.9 Å². The molecule has 1 aliphatic rings. The molecule has 2 heterocycles. The van der Waals surface area contributed by atoms with Crippen molar-refractivity contribution in [2.45, 2.75) is 12.8 Å². The molecule has 4 rings (SSSR count). The maximum atomic E-state index is 13.6. The van der Waals surface area contributed by atoms with Gasteiger partial charge in [0.25, 0.3) is 0 Å². The van der Waals surface area contributed by atoms with E-state index in [2.05, 4.69) is 25.5 Å². The van der Waals surface area contributed by atoms with E-state index in [0.717, 1.165) is 38.0 Å². The highest BCUT2D eigenvalue weighted by molar-refractivity contribution is 6.31. The van der Waals surface area contributed by atoms with Gasteiger partial charge in [-0.3, -0.25) is 4.79 Å². The van der Waals surface area contributed by atoms with Crippen LogP contribution >= 0.6 is 11.6 Å². The lowest BCUT2D eigenvalue weighted by molar-refractivity contribution is -0.159. The lowest BCUT2D eigenvalue weighted by atomic mass is 10.0. The Morgan fingerprint density at radius 2 is 1.52 bits per heavy atom. The van der Waals surface area contributed by atoms with Crippen molar-refractivity contribution in [3.63, 3.8) is 0 Å². The third-order valence-corrected chi connectivity index (χ3v) is 6.82. The van der Waals surface area contributed by atoms with Crippen molar-refractivity contribution in [2.75, 3.05) is 64.3 Å². The highest BCUT2D eigenvalue weighted by atomic mass is 35.5. The predicted octanol–water partition coefficient (Wildman–Crippen LogP) is 3.11. The maximum Gasteiger partial charge on any atom is 0.414 e. The van der Waals surface area contributed by atoms with Gasteiger partial charge in [-0.2, -0.15) is 0 Å². The second kappa shape index (κ2) is 20.8. The Morgan fingerprint density at radius 1 is 0.900 bits per heavy atom. The molecule has 3 aromatic rings. The number of piperidine rings is 1. The number of rotatable bonds is 11. The zero-order valence-corrected chi connectivity index (χ0v) is 27.6. The lowest BCUT2D eigenvalue weighted by Gasteiger charge is -2.27. The zero-order valence-electron chi connectivity index (χ0n) is 26.9. The van der Waals surface area contributed by atoms with Crippen molar-refractivity contribution < 1.29 is 63.0 Å². The number of fused-ring (bicyclic) bond motifs is 1. The molecule has 0 spiro atoms. The van der Waals surface area contributed by atoms with Gasteiger partial charge in [-0.1, -0.05) is 17.2 Å². The SMILES string of the molecule is COCCOc1cc2ncnc(Nc3ccc(F)c(Cl)c3)c2cc1NC(=O)C=C1CCN(CCOC)CC1.O=C(O)C(=O)O.O=C(O)C(=O)O. The van der Waals surface area contributed by atoms with Crippen LogP contribution in [0, 0.1) is 5.82 Å². The second-order valence-corrected chi connectivity index (χ2v) is 10.4. The van der Waals surface area contributed by atoms with Gasteiger partial charge < -0.3 is 50.2 Å². The number of methoxy groups -OCH3 is 2. The van der Waals surface area contributed by atoms with E-state index in [1.54, 1.807) is 38.5 Å². The quantitative estimate of drug-likeness (QED) is 0.0945. The van der Waals surface area contributed by atoms with Crippen LogP contribution in [-0.4, -0.2) is 119 Å². The lowest BCUT2D eigenvalue weighted by Crippen LogP contribution is -2.33. The largest absolute Gasteiger partial charge is 0.489 e. The van der Waals surface area contributed by atoms with Crippen LogP contribution in [0.4, 0.5) is 21.6 Å². The van der Waals surface area contributed by atoms with Gasteiger partial charge in [0, 0.05) is 57.1 Å². The standard InChI is InChI=1S/C27H31ClFN5O4.2C2H2O4/c1-36-10-9-34-7-5-18(6-8-34)13-26(35)33-24-15-20-23(16-25(24)38-12-11-37-2)30-17-31-27(20)32-19-3-4-22(29)21(28)14-19;2*3-1(4)2(5)6/h3-4,13-17H,5-12H2,1-2H3,(H,33,35)(H,30,31,32);2*(H,3,4)(H,5,6). The Morgan fingerprint density at radius 3 is 2.08 bits per heavy atom. The first-order valence-corrected chi connectivity index (χ1v) is 14.9. The number of likely N-dealkylation sites (tertiary alicyclic amines) is 1. The summed E-state index contributed by atoms with van der Waals surface area (Å²) in [4.78, 5) is 60.4. The number of hydrogen-bond acceptors (Lipinski definition) is 12. The number of nitrogens with zero attached hydrogens (tertiary/aromatic N) is 3. The molecule has 1 amide bonds. The number of benzene rings is 2. The Hall–Kier alpha value is -5.43. The molecule has 6 N–H and O–H groups in total. The van der Waals surface area contributed by atoms with Crippen LogP contribution in [-0.2, 0) is 33.4 Å². The average Bonchev–Trinajstić information content (AvgIpc) is 3.07. The summed E-state index contributed by atoms with van der Waals surface area (Å²) in [6, 6.07) is 7.81. The van der Waals surface area contributed by atoms with E-state index < -0.39 is 29.7 Å². The van der Waals surface area contributed by atoms with Crippen LogP contribution in [0.1, 0.15) is 12.8 Å². The number of amides is 1. The number of nitrogens with one attached hydrogen (secondary N) is 2. The number of aliphatic carboxylic acids is 4. The summed E-state index contributed by atoms with van der Waals surface area (Å²) >= 11 is 5.94. The van der Waals surface area contributed by atoms with Gasteiger partial charge in [0.2, 0.25) is 5.91 Å². The number of anilines is 3. The highest BCUT2D eigenvalue weighted by Crippen LogP contribution is 2.34. The van der Waals surface area contributed by atoms with Crippen LogP contribution in [0.3, 0.4) is 0 Å². The molecule has 2 aromatic carbocycles. The molecule has 1 saturated heterocycles. The van der Waals surface area contributed by atoms with E-state index in [-0.39, 0.29) is 10.9 Å². The van der Waals surface area contributed by atoms with Gasteiger partial charge in [0.05, 0.1) is 29.4 Å². The molecule has 270 valence electrons. The minimum atomic E-state index is -1.82. The van der Waals surface area contributed by atoms with E-state index in [0.29, 0.717) is 53.7 Å². The number of carbonyl (C=O) groups excluding carboxylic acids is 1. The van der Waals surface area contributed by atoms with Crippen molar-refractivity contribution in [3.05, 3.63) is 59.1 Å². The number of carboxylic acid groups (broad SMARTS) is 4. The van der Waals surface area contributed by atoms with Gasteiger partial charge in [-0.25, -0.2) is 33.5 Å². The number of carboxylic acids is 4. The summed E-state index contributed by atoms with van der Waals surface area (Å²) in [6.07, 6.45) is 4.73. The van der Waals surface area contributed by atoms with Gasteiger partial charge in [-0.05, 0) is 37.1 Å². The Labute approximate surface area is 289 Å². The fourth-order valence-corrected chi connectivity index (χ4v) is 4.31. The van der Waals surface area contributed by atoms with Crippen LogP contribution < -0.4 is 15.4 Å². The molecule has 1 aliphatic heterocycles. The van der Waals surface area contributed by atoms with Gasteiger partial charge in [0.1, 0.15) is 30.3 Å². The molecule has 0 bridgehead atoms. The molecular formula is C31H35ClFN5O12. The minimum Gasteiger partial charge on any atom is -0.489 e. The summed E-state index contributed by atoms with van der Waals surface area (Å²) in [7, 11) is 3.29. The first kappa shape index (κ1) is 40.7. The number of aromatic nitrogens is 2. The molecule has 1 fully saturated rings. The van der Waals surface area contributed by atoms with E-state index in [1.807, 2.05) is 0 Å². The highest BCUT2D eigenvalue weighted by Gasteiger charge is 2.17. The third kappa shape index (κ3) is 14.0. The summed E-state index contributed by atoms with van der Waals surface area (Å²) in [5.74, 6) is -7.11. The summed E-state index contributed by atoms with van der Waals surface area (Å²) in [5, 5.41) is 36.3.